The van der Waals surface area contributed by atoms with Gasteiger partial charge in [0.2, 0.25) is 0 Å². The van der Waals surface area contributed by atoms with E-state index in [1.807, 2.05) is 24.3 Å². The zero-order valence-corrected chi connectivity index (χ0v) is 6.60. The van der Waals surface area contributed by atoms with Gasteiger partial charge in [0.1, 0.15) is 0 Å². The smallest absolute Gasteiger partial charge is 0.0977 e. The van der Waals surface area contributed by atoms with Crippen molar-refractivity contribution in [1.29, 1.82) is 0 Å². The minimum atomic E-state index is 0. The highest BCUT2D eigenvalue weighted by Gasteiger charge is 2.14. The summed E-state index contributed by atoms with van der Waals surface area (Å²) in [5, 5.41) is 10.0. The second-order valence-corrected chi connectivity index (χ2v) is 2.48. The normalized spacial score (nSPS) is 14.9. The van der Waals surface area contributed by atoms with Crippen LogP contribution in [0.5, 0.6) is 0 Å². The van der Waals surface area contributed by atoms with Crippen LogP contribution in [0.4, 0.5) is 5.69 Å². The van der Waals surface area contributed by atoms with E-state index in [-0.39, 0.29) is 8.41 Å². The number of hydrogen-bond donors (Lipinski definition) is 1. The number of fused-ring (bicyclic) bond motifs is 1. The molecule has 0 aliphatic carbocycles. The quantitative estimate of drug-likeness (QED) is 0.577. The summed E-state index contributed by atoms with van der Waals surface area (Å²) in [7, 11) is 0. The first-order valence-corrected chi connectivity index (χ1v) is 3.58. The Labute approximate surface area is 73.1 Å². The molecule has 0 bridgehead atoms. The summed E-state index contributed by atoms with van der Waals surface area (Å²) in [6, 6.07) is 7.64. The first kappa shape index (κ1) is 9.10. The number of nitrogens with zero attached hydrogens (tertiary/aromatic N) is 1. The largest absolute Gasteiger partial charge is 0.264 e. The van der Waals surface area contributed by atoms with Crippen LogP contribution in [0.25, 0.3) is 0 Å². The van der Waals surface area contributed by atoms with Crippen molar-refractivity contribution in [3.8, 4) is 0 Å². The van der Waals surface area contributed by atoms with E-state index in [9.17, 15) is 5.21 Å². The van der Waals surface area contributed by atoms with Gasteiger partial charge < -0.3 is 0 Å². The molecule has 61 valence electrons. The molecule has 0 atom stereocenters. The van der Waals surface area contributed by atoms with Crippen molar-refractivity contribution in [3.63, 3.8) is 0 Å². The third kappa shape index (κ3) is 1.44. The molecule has 1 aromatic rings. The Morgan fingerprint density at radius 3 is 2.83 bits per heavy atom. The molecule has 1 aliphatic heterocycles. The lowest BCUT2D eigenvalue weighted by atomic mass is 10.1. The van der Waals surface area contributed by atoms with Crippen LogP contribution in [0.1, 0.15) is 5.56 Å². The predicted octanol–water partition coefficient (Wildman–Crippen LogP) is 0.989. The van der Waals surface area contributed by atoms with E-state index in [1.54, 1.807) is 0 Å². The maximum atomic E-state index is 9.17. The predicted molar refractivity (Wildman–Crippen MR) is 46.1 cm³/mol. The zero-order chi connectivity index (χ0) is 7.68. The van der Waals surface area contributed by atoms with Gasteiger partial charge in [-0.25, -0.2) is 4.84 Å². The minimum Gasteiger partial charge on any atom is -0.264 e. The molecule has 1 aliphatic rings. The average molecular weight is 162 g/mol. The van der Waals surface area contributed by atoms with E-state index in [0.717, 1.165) is 22.9 Å². The van der Waals surface area contributed by atoms with Crippen molar-refractivity contribution in [2.75, 3.05) is 11.8 Å². The van der Waals surface area contributed by atoms with Crippen LogP contribution in [-0.2, 0) is 11.3 Å². The number of anilines is 1. The highest BCUT2D eigenvalue weighted by molar-refractivity contribution is 5.75. The molecule has 12 heavy (non-hydrogen) atoms. The highest BCUT2D eigenvalue weighted by Crippen LogP contribution is 2.23. The molecule has 0 aromatic heterocycles. The second-order valence-electron chi connectivity index (χ2n) is 2.48. The van der Waals surface area contributed by atoms with E-state index in [4.69, 9.17) is 4.84 Å². The van der Waals surface area contributed by atoms with E-state index in [0.29, 0.717) is 6.61 Å². The molecule has 3 radical (unpaired) electrons. The minimum absolute atomic E-state index is 0. The molecule has 1 N–H and O–H groups in total. The Bertz CT molecular complexity index is 267. The third-order valence-corrected chi connectivity index (χ3v) is 1.78. The lowest BCUT2D eigenvalue weighted by Crippen LogP contribution is -2.25. The van der Waals surface area contributed by atoms with Gasteiger partial charge in [-0.1, -0.05) is 18.2 Å². The summed E-state index contributed by atoms with van der Waals surface area (Å²) < 4.78 is 0. The van der Waals surface area contributed by atoms with Crippen molar-refractivity contribution in [2.45, 2.75) is 6.42 Å². The Kier molecular flexibility index (Phi) is 2.73. The number of benzene rings is 1. The fourth-order valence-electron chi connectivity index (χ4n) is 1.22. The van der Waals surface area contributed by atoms with E-state index >= 15 is 0 Å². The SMILES string of the molecule is ON1OCCc2ccccc21.[B]. The summed E-state index contributed by atoms with van der Waals surface area (Å²) in [4.78, 5) is 4.89. The van der Waals surface area contributed by atoms with Crippen molar-refractivity contribution >= 4 is 14.1 Å². The Morgan fingerprint density at radius 1 is 1.33 bits per heavy atom. The van der Waals surface area contributed by atoms with Gasteiger partial charge in [-0.05, 0) is 11.6 Å². The standard InChI is InChI=1S/C8H9NO2.B/c10-9-8-4-2-1-3-7(8)5-6-11-9;/h1-4,10H,5-6H2;. The van der Waals surface area contributed by atoms with E-state index in [2.05, 4.69) is 0 Å². The van der Waals surface area contributed by atoms with Crippen LogP contribution in [-0.4, -0.2) is 20.2 Å². The average Bonchev–Trinajstić information content (AvgIpc) is 2.06. The Hall–Kier alpha value is -0.995. The van der Waals surface area contributed by atoms with Gasteiger partial charge >= 0.3 is 0 Å². The van der Waals surface area contributed by atoms with Gasteiger partial charge in [-0.2, -0.15) is 0 Å². The topological polar surface area (TPSA) is 32.7 Å². The van der Waals surface area contributed by atoms with Gasteiger partial charge in [0.25, 0.3) is 0 Å². The Morgan fingerprint density at radius 2 is 2.08 bits per heavy atom. The van der Waals surface area contributed by atoms with Crippen molar-refractivity contribution < 1.29 is 10.0 Å². The maximum absolute atomic E-state index is 9.17. The molecule has 0 fully saturated rings. The highest BCUT2D eigenvalue weighted by atomic mass is 16.9. The Balaban J connectivity index is 0.000000720. The summed E-state index contributed by atoms with van der Waals surface area (Å²) in [6.45, 7) is 0.549. The van der Waals surface area contributed by atoms with Crippen LogP contribution >= 0.6 is 0 Å². The van der Waals surface area contributed by atoms with Crippen LogP contribution in [0, 0.1) is 0 Å². The van der Waals surface area contributed by atoms with Gasteiger partial charge in [0.05, 0.1) is 12.3 Å². The molecule has 1 heterocycles. The maximum Gasteiger partial charge on any atom is 0.0977 e. The van der Waals surface area contributed by atoms with Crippen LogP contribution in [0.3, 0.4) is 0 Å². The summed E-state index contributed by atoms with van der Waals surface area (Å²) in [5.74, 6) is 0. The molecule has 0 saturated carbocycles. The third-order valence-electron chi connectivity index (χ3n) is 1.78. The molecule has 0 amide bonds. The molecule has 4 heteroatoms. The summed E-state index contributed by atoms with van der Waals surface area (Å²) >= 11 is 0. The number of hydrogen-bond acceptors (Lipinski definition) is 3. The van der Waals surface area contributed by atoms with Gasteiger partial charge in [0, 0.05) is 14.8 Å². The molecule has 1 aromatic carbocycles. The summed E-state index contributed by atoms with van der Waals surface area (Å²) in [6.07, 6.45) is 0.868. The lowest BCUT2D eigenvalue weighted by molar-refractivity contribution is -0.0473. The summed E-state index contributed by atoms with van der Waals surface area (Å²) in [5.41, 5.74) is 1.88. The van der Waals surface area contributed by atoms with Crippen molar-refractivity contribution in [3.05, 3.63) is 29.8 Å². The van der Waals surface area contributed by atoms with Crippen LogP contribution in [0.2, 0.25) is 0 Å². The monoisotopic (exact) mass is 162 g/mol. The molecule has 0 unspecified atom stereocenters. The first-order chi connectivity index (χ1) is 5.38. The van der Waals surface area contributed by atoms with Gasteiger partial charge in [-0.3, -0.25) is 5.21 Å². The first-order valence-electron chi connectivity index (χ1n) is 3.58. The zero-order valence-electron chi connectivity index (χ0n) is 6.60. The molecule has 0 spiro atoms. The molecular formula is C8H9BNO2. The number of rotatable bonds is 0. The molecule has 3 nitrogen and oxygen atoms in total. The van der Waals surface area contributed by atoms with E-state index < -0.39 is 0 Å². The molecular weight excluding hydrogens is 153 g/mol. The van der Waals surface area contributed by atoms with Gasteiger partial charge in [0.15, 0.2) is 0 Å². The fraction of sp³-hybridized carbons (Fsp3) is 0.250. The van der Waals surface area contributed by atoms with Crippen LogP contribution in [0.15, 0.2) is 24.3 Å². The molecule has 2 rings (SSSR count). The second kappa shape index (κ2) is 3.60. The number of para-hydroxylation sites is 1. The van der Waals surface area contributed by atoms with Crippen LogP contribution < -0.4 is 5.23 Å². The molecule has 0 saturated heterocycles. The lowest BCUT2D eigenvalue weighted by Gasteiger charge is -2.23. The van der Waals surface area contributed by atoms with E-state index in [1.165, 1.54) is 0 Å². The van der Waals surface area contributed by atoms with Gasteiger partial charge in [-0.15, -0.1) is 5.23 Å². The fourth-order valence-corrected chi connectivity index (χ4v) is 1.22. The van der Waals surface area contributed by atoms with Crippen molar-refractivity contribution in [2.24, 2.45) is 0 Å². The van der Waals surface area contributed by atoms with Crippen molar-refractivity contribution in [1.82, 2.24) is 0 Å².